The van der Waals surface area contributed by atoms with Gasteiger partial charge < -0.3 is 15.3 Å². The Bertz CT molecular complexity index is 609. The third-order valence-corrected chi connectivity index (χ3v) is 3.52. The second kappa shape index (κ2) is 5.46. The number of nitrogens with zero attached hydrogens (tertiary/aromatic N) is 3. The van der Waals surface area contributed by atoms with Gasteiger partial charge in [0.1, 0.15) is 5.75 Å². The lowest BCUT2D eigenvalue weighted by Gasteiger charge is -2.30. The Kier molecular flexibility index (Phi) is 3.52. The molecule has 2 heterocycles. The summed E-state index contributed by atoms with van der Waals surface area (Å²) >= 11 is 0. The molecule has 0 spiro atoms. The third kappa shape index (κ3) is 2.58. The molecule has 1 saturated heterocycles. The van der Waals surface area contributed by atoms with Crippen molar-refractivity contribution in [1.29, 1.82) is 0 Å². The molecule has 0 atom stereocenters. The average molecular weight is 270 g/mol. The first kappa shape index (κ1) is 12.9. The van der Waals surface area contributed by atoms with Gasteiger partial charge in [-0.05, 0) is 19.1 Å². The Hall–Kier alpha value is -2.14. The molecule has 2 N–H and O–H groups in total. The normalized spacial score (nSPS) is 15.3. The number of aromatic nitrogens is 2. The Morgan fingerprint density at radius 3 is 2.75 bits per heavy atom. The summed E-state index contributed by atoms with van der Waals surface area (Å²) in [6, 6.07) is 7.03. The smallest absolute Gasteiger partial charge is 0.159 e. The fraction of sp³-hybridized carbons (Fsp3) is 0.333. The fourth-order valence-corrected chi connectivity index (χ4v) is 2.46. The van der Waals surface area contributed by atoms with Crippen molar-refractivity contribution >= 4 is 5.69 Å². The predicted molar refractivity (Wildman–Crippen MR) is 79.0 cm³/mol. The van der Waals surface area contributed by atoms with Crippen LogP contribution in [0.5, 0.6) is 5.75 Å². The molecule has 5 nitrogen and oxygen atoms in total. The highest BCUT2D eigenvalue weighted by Gasteiger charge is 2.14. The largest absolute Gasteiger partial charge is 0.508 e. The van der Waals surface area contributed by atoms with E-state index >= 15 is 0 Å². The number of aryl methyl sites for hydroxylation is 1. The quantitative estimate of drug-likeness (QED) is 0.867. The first-order valence-corrected chi connectivity index (χ1v) is 6.83. The van der Waals surface area contributed by atoms with Crippen molar-refractivity contribution in [2.24, 2.45) is 0 Å². The highest BCUT2D eigenvalue weighted by atomic mass is 16.3. The van der Waals surface area contributed by atoms with E-state index in [1.54, 1.807) is 18.2 Å². The molecule has 0 radical (unpaired) electrons. The van der Waals surface area contributed by atoms with Crippen LogP contribution in [0.3, 0.4) is 0 Å². The molecule has 104 valence electrons. The zero-order chi connectivity index (χ0) is 13.9. The number of aromatic hydroxyl groups is 1. The summed E-state index contributed by atoms with van der Waals surface area (Å²) < 4.78 is 0. The maximum absolute atomic E-state index is 9.53. The number of anilines is 1. The molecule has 3 rings (SSSR count). The number of phenolic OH excluding ortho intramolecular Hbond substituents is 1. The highest BCUT2D eigenvalue weighted by molar-refractivity contribution is 5.60. The molecule has 5 heteroatoms. The van der Waals surface area contributed by atoms with E-state index in [1.165, 1.54) is 0 Å². The maximum Gasteiger partial charge on any atom is 0.159 e. The predicted octanol–water partition coefficient (Wildman–Crippen LogP) is 1.57. The lowest BCUT2D eigenvalue weighted by Crippen LogP contribution is -2.43. The van der Waals surface area contributed by atoms with Crippen LogP contribution >= 0.6 is 0 Å². The van der Waals surface area contributed by atoms with Gasteiger partial charge in [-0.2, -0.15) is 0 Å². The average Bonchev–Trinajstić information content (AvgIpc) is 2.48. The van der Waals surface area contributed by atoms with E-state index in [9.17, 15) is 5.11 Å². The first-order valence-electron chi connectivity index (χ1n) is 6.83. The van der Waals surface area contributed by atoms with Gasteiger partial charge in [0, 0.05) is 31.7 Å². The molecular formula is C15H18N4O. The van der Waals surface area contributed by atoms with Gasteiger partial charge in [0.05, 0.1) is 17.6 Å². The zero-order valence-corrected chi connectivity index (χ0v) is 11.5. The minimum Gasteiger partial charge on any atom is -0.508 e. The molecule has 2 aromatic rings. The van der Waals surface area contributed by atoms with E-state index in [1.807, 2.05) is 19.2 Å². The van der Waals surface area contributed by atoms with Crippen molar-refractivity contribution in [3.63, 3.8) is 0 Å². The van der Waals surface area contributed by atoms with Gasteiger partial charge in [-0.25, -0.2) is 9.97 Å². The fourth-order valence-electron chi connectivity index (χ4n) is 2.46. The van der Waals surface area contributed by atoms with Crippen LogP contribution in [0, 0.1) is 6.92 Å². The molecule has 1 aliphatic rings. The van der Waals surface area contributed by atoms with E-state index in [-0.39, 0.29) is 5.75 Å². The summed E-state index contributed by atoms with van der Waals surface area (Å²) in [5.74, 6) is 0.882. The molecule has 0 aliphatic carbocycles. The Morgan fingerprint density at radius 2 is 2.05 bits per heavy atom. The van der Waals surface area contributed by atoms with Gasteiger partial charge in [0.2, 0.25) is 0 Å². The van der Waals surface area contributed by atoms with Crippen LogP contribution in [-0.4, -0.2) is 41.3 Å². The molecule has 1 aliphatic heterocycles. The summed E-state index contributed by atoms with van der Waals surface area (Å²) in [5.41, 5.74) is 2.90. The molecular weight excluding hydrogens is 252 g/mol. The Morgan fingerprint density at radius 1 is 1.25 bits per heavy atom. The topological polar surface area (TPSA) is 61.3 Å². The monoisotopic (exact) mass is 270 g/mol. The molecule has 0 bridgehead atoms. The van der Waals surface area contributed by atoms with Gasteiger partial charge in [0.25, 0.3) is 0 Å². The van der Waals surface area contributed by atoms with Gasteiger partial charge in [-0.15, -0.1) is 0 Å². The minimum atomic E-state index is 0.231. The van der Waals surface area contributed by atoms with Crippen LogP contribution in [0.2, 0.25) is 0 Å². The van der Waals surface area contributed by atoms with Crippen LogP contribution < -0.4 is 10.2 Å². The SMILES string of the molecule is Cc1nc(-c2cccc(O)c2)ncc1N1CCNCC1. The number of hydrogen-bond donors (Lipinski definition) is 2. The van der Waals surface area contributed by atoms with Crippen LogP contribution in [-0.2, 0) is 0 Å². The zero-order valence-electron chi connectivity index (χ0n) is 11.5. The number of piperazine rings is 1. The van der Waals surface area contributed by atoms with Crippen LogP contribution in [0.4, 0.5) is 5.69 Å². The van der Waals surface area contributed by atoms with Crippen molar-refractivity contribution in [2.45, 2.75) is 6.92 Å². The molecule has 1 aromatic carbocycles. The van der Waals surface area contributed by atoms with Gasteiger partial charge in [0.15, 0.2) is 5.82 Å². The van der Waals surface area contributed by atoms with E-state index in [2.05, 4.69) is 20.2 Å². The van der Waals surface area contributed by atoms with Crippen LogP contribution in [0.15, 0.2) is 30.5 Å². The van der Waals surface area contributed by atoms with E-state index < -0.39 is 0 Å². The third-order valence-electron chi connectivity index (χ3n) is 3.52. The second-order valence-electron chi connectivity index (χ2n) is 4.95. The van der Waals surface area contributed by atoms with Crippen LogP contribution in [0.25, 0.3) is 11.4 Å². The molecule has 0 unspecified atom stereocenters. The number of benzene rings is 1. The van der Waals surface area contributed by atoms with Crippen LogP contribution in [0.1, 0.15) is 5.69 Å². The van der Waals surface area contributed by atoms with Crippen molar-refractivity contribution in [3.8, 4) is 17.1 Å². The molecule has 0 amide bonds. The summed E-state index contributed by atoms with van der Waals surface area (Å²) in [6.45, 7) is 5.96. The maximum atomic E-state index is 9.53. The number of rotatable bonds is 2. The Balaban J connectivity index is 1.90. The summed E-state index contributed by atoms with van der Waals surface area (Å²) in [5, 5.41) is 12.9. The Labute approximate surface area is 118 Å². The van der Waals surface area contributed by atoms with Gasteiger partial charge in [-0.3, -0.25) is 0 Å². The minimum absolute atomic E-state index is 0.231. The molecule has 1 fully saturated rings. The van der Waals surface area contributed by atoms with E-state index in [4.69, 9.17) is 0 Å². The molecule has 0 saturated carbocycles. The van der Waals surface area contributed by atoms with Gasteiger partial charge >= 0.3 is 0 Å². The number of nitrogens with one attached hydrogen (secondary N) is 1. The molecule has 20 heavy (non-hydrogen) atoms. The van der Waals surface area contributed by atoms with Crippen molar-refractivity contribution in [1.82, 2.24) is 15.3 Å². The lowest BCUT2D eigenvalue weighted by atomic mass is 10.2. The standard InChI is InChI=1S/C15H18N4O/c1-11-14(19-7-5-16-6-8-19)10-17-15(18-11)12-3-2-4-13(20)9-12/h2-4,9-10,16,20H,5-8H2,1H3. The van der Waals surface area contributed by atoms with Crippen molar-refractivity contribution in [3.05, 3.63) is 36.2 Å². The van der Waals surface area contributed by atoms with Crippen molar-refractivity contribution < 1.29 is 5.11 Å². The molecule has 1 aromatic heterocycles. The second-order valence-corrected chi connectivity index (χ2v) is 4.95. The summed E-state index contributed by atoms with van der Waals surface area (Å²) in [4.78, 5) is 11.3. The lowest BCUT2D eigenvalue weighted by molar-refractivity contribution is 0.475. The first-order chi connectivity index (χ1) is 9.74. The number of phenols is 1. The van der Waals surface area contributed by atoms with Gasteiger partial charge in [-0.1, -0.05) is 12.1 Å². The van der Waals surface area contributed by atoms with E-state index in [0.29, 0.717) is 5.82 Å². The van der Waals surface area contributed by atoms with E-state index in [0.717, 1.165) is 43.1 Å². The number of hydrogen-bond acceptors (Lipinski definition) is 5. The van der Waals surface area contributed by atoms with Crippen molar-refractivity contribution in [2.75, 3.05) is 31.1 Å². The summed E-state index contributed by atoms with van der Waals surface area (Å²) in [7, 11) is 0. The highest BCUT2D eigenvalue weighted by Crippen LogP contribution is 2.23. The summed E-state index contributed by atoms with van der Waals surface area (Å²) in [6.07, 6.45) is 1.88.